The topological polar surface area (TPSA) is 74.0 Å². The van der Waals surface area contributed by atoms with Gasteiger partial charge in [0.05, 0.1) is 0 Å². The Morgan fingerprint density at radius 3 is 2.85 bits per heavy atom. The SMILES string of the molecule is O=C(NCCc1c[nH]c2ccccc12)NC(=O)C1CC1. The lowest BCUT2D eigenvalue weighted by molar-refractivity contribution is -0.121. The fourth-order valence-corrected chi connectivity index (χ4v) is 2.25. The lowest BCUT2D eigenvalue weighted by Gasteiger charge is -2.05. The van der Waals surface area contributed by atoms with Crippen molar-refractivity contribution < 1.29 is 9.59 Å². The third kappa shape index (κ3) is 2.82. The van der Waals surface area contributed by atoms with E-state index in [1.54, 1.807) is 0 Å². The maximum absolute atomic E-state index is 11.5. The molecule has 1 aliphatic rings. The molecule has 1 aromatic heterocycles. The van der Waals surface area contributed by atoms with E-state index < -0.39 is 6.03 Å². The first-order valence-corrected chi connectivity index (χ1v) is 6.88. The number of aromatic amines is 1. The van der Waals surface area contributed by atoms with Crippen molar-refractivity contribution in [1.82, 2.24) is 15.6 Å². The summed E-state index contributed by atoms with van der Waals surface area (Å²) < 4.78 is 0. The highest BCUT2D eigenvalue weighted by molar-refractivity contribution is 5.96. The summed E-state index contributed by atoms with van der Waals surface area (Å²) in [6.07, 6.45) is 4.48. The number of carbonyl (C=O) groups excluding carboxylic acids is 2. The van der Waals surface area contributed by atoms with E-state index >= 15 is 0 Å². The molecule has 0 radical (unpaired) electrons. The molecule has 5 heteroatoms. The van der Waals surface area contributed by atoms with Crippen LogP contribution in [0.3, 0.4) is 0 Å². The van der Waals surface area contributed by atoms with Crippen LogP contribution >= 0.6 is 0 Å². The second kappa shape index (κ2) is 5.36. The van der Waals surface area contributed by atoms with Crippen molar-refractivity contribution in [3.63, 3.8) is 0 Å². The number of benzene rings is 1. The van der Waals surface area contributed by atoms with Crippen LogP contribution in [0, 0.1) is 5.92 Å². The normalized spacial score (nSPS) is 14.2. The molecule has 0 unspecified atom stereocenters. The van der Waals surface area contributed by atoms with Gasteiger partial charge >= 0.3 is 6.03 Å². The maximum atomic E-state index is 11.5. The van der Waals surface area contributed by atoms with Crippen molar-refractivity contribution in [3.05, 3.63) is 36.0 Å². The minimum absolute atomic E-state index is 0.0503. The predicted molar refractivity (Wildman–Crippen MR) is 76.3 cm³/mol. The summed E-state index contributed by atoms with van der Waals surface area (Å²) in [5.41, 5.74) is 2.25. The molecule has 1 heterocycles. The van der Waals surface area contributed by atoms with Crippen molar-refractivity contribution in [2.45, 2.75) is 19.3 Å². The van der Waals surface area contributed by atoms with E-state index in [1.807, 2.05) is 24.4 Å². The van der Waals surface area contributed by atoms with Crippen LogP contribution in [0.4, 0.5) is 4.79 Å². The second-order valence-corrected chi connectivity index (χ2v) is 5.13. The standard InChI is InChI=1S/C15H17N3O2/c19-14(10-5-6-10)18-15(20)16-8-7-11-9-17-13-4-2-1-3-12(11)13/h1-4,9-10,17H,5-8H2,(H2,16,18,19,20). The molecular formula is C15H17N3O2. The Bertz CT molecular complexity index is 643. The zero-order valence-corrected chi connectivity index (χ0v) is 11.1. The maximum Gasteiger partial charge on any atom is 0.321 e. The molecule has 0 saturated heterocycles. The molecule has 0 bridgehead atoms. The summed E-state index contributed by atoms with van der Waals surface area (Å²) in [7, 11) is 0. The largest absolute Gasteiger partial charge is 0.361 e. The monoisotopic (exact) mass is 271 g/mol. The van der Waals surface area contributed by atoms with Crippen LogP contribution < -0.4 is 10.6 Å². The molecule has 1 aliphatic carbocycles. The quantitative estimate of drug-likeness (QED) is 0.795. The molecule has 1 saturated carbocycles. The number of para-hydroxylation sites is 1. The lowest BCUT2D eigenvalue weighted by atomic mass is 10.1. The number of H-pyrrole nitrogens is 1. The number of aromatic nitrogens is 1. The Morgan fingerprint density at radius 2 is 2.05 bits per heavy atom. The van der Waals surface area contributed by atoms with Crippen molar-refractivity contribution in [1.29, 1.82) is 0 Å². The Balaban J connectivity index is 1.49. The number of imide groups is 1. The number of nitrogens with one attached hydrogen (secondary N) is 3. The van der Waals surface area contributed by atoms with Gasteiger partial charge in [0.1, 0.15) is 0 Å². The molecule has 3 N–H and O–H groups in total. The lowest BCUT2D eigenvalue weighted by Crippen LogP contribution is -2.40. The number of hydrogen-bond donors (Lipinski definition) is 3. The fraction of sp³-hybridized carbons (Fsp3) is 0.333. The van der Waals surface area contributed by atoms with E-state index in [9.17, 15) is 9.59 Å². The zero-order valence-electron chi connectivity index (χ0n) is 11.1. The summed E-state index contributed by atoms with van der Waals surface area (Å²) >= 11 is 0. The molecule has 3 amide bonds. The van der Waals surface area contributed by atoms with E-state index in [2.05, 4.69) is 21.7 Å². The number of rotatable bonds is 4. The van der Waals surface area contributed by atoms with Gasteiger partial charge in [-0.1, -0.05) is 18.2 Å². The van der Waals surface area contributed by atoms with Gasteiger partial charge in [-0.3, -0.25) is 10.1 Å². The minimum atomic E-state index is -0.401. The summed E-state index contributed by atoms with van der Waals surface area (Å²) in [4.78, 5) is 26.1. The van der Waals surface area contributed by atoms with Gasteiger partial charge in [0.15, 0.2) is 0 Å². The van der Waals surface area contributed by atoms with Gasteiger partial charge in [-0.25, -0.2) is 4.79 Å². The molecule has 104 valence electrons. The van der Waals surface area contributed by atoms with Crippen molar-refractivity contribution in [2.75, 3.05) is 6.54 Å². The Kier molecular flexibility index (Phi) is 3.41. The third-order valence-electron chi connectivity index (χ3n) is 3.54. The molecular weight excluding hydrogens is 254 g/mol. The van der Waals surface area contributed by atoms with E-state index in [1.165, 1.54) is 5.39 Å². The highest BCUT2D eigenvalue weighted by Gasteiger charge is 2.30. The van der Waals surface area contributed by atoms with Crippen molar-refractivity contribution in [2.24, 2.45) is 5.92 Å². The molecule has 20 heavy (non-hydrogen) atoms. The first-order valence-electron chi connectivity index (χ1n) is 6.88. The highest BCUT2D eigenvalue weighted by atomic mass is 16.2. The number of fused-ring (bicyclic) bond motifs is 1. The van der Waals surface area contributed by atoms with E-state index in [0.29, 0.717) is 6.54 Å². The van der Waals surface area contributed by atoms with E-state index in [0.717, 1.165) is 30.3 Å². The summed E-state index contributed by atoms with van der Waals surface area (Å²) in [6, 6.07) is 7.65. The van der Waals surface area contributed by atoms with Crippen molar-refractivity contribution in [3.8, 4) is 0 Å². The van der Waals surface area contributed by atoms with Crippen LogP contribution in [0.25, 0.3) is 10.9 Å². The summed E-state index contributed by atoms with van der Waals surface area (Å²) in [6.45, 7) is 0.506. The van der Waals surface area contributed by atoms with Crippen LogP contribution in [0.5, 0.6) is 0 Å². The van der Waals surface area contributed by atoms with Crippen LogP contribution in [-0.4, -0.2) is 23.5 Å². The number of amides is 3. The first kappa shape index (κ1) is 12.7. The van der Waals surface area contributed by atoms with Gasteiger partial charge in [-0.2, -0.15) is 0 Å². The average molecular weight is 271 g/mol. The van der Waals surface area contributed by atoms with E-state index in [-0.39, 0.29) is 11.8 Å². The van der Waals surface area contributed by atoms with Gasteiger partial charge in [-0.05, 0) is 30.9 Å². The second-order valence-electron chi connectivity index (χ2n) is 5.13. The van der Waals surface area contributed by atoms with Crippen molar-refractivity contribution >= 4 is 22.8 Å². The predicted octanol–water partition coefficient (Wildman–Crippen LogP) is 1.95. The van der Waals surface area contributed by atoms with Gasteiger partial charge < -0.3 is 10.3 Å². The number of urea groups is 1. The van der Waals surface area contributed by atoms with Crippen LogP contribution in [0.15, 0.2) is 30.5 Å². The van der Waals surface area contributed by atoms with Crippen LogP contribution in [-0.2, 0) is 11.2 Å². The van der Waals surface area contributed by atoms with Gasteiger partial charge in [0.2, 0.25) is 5.91 Å². The molecule has 2 aromatic rings. The Hall–Kier alpha value is -2.30. The molecule has 1 aromatic carbocycles. The zero-order chi connectivity index (χ0) is 13.9. The van der Waals surface area contributed by atoms with Gasteiger partial charge in [-0.15, -0.1) is 0 Å². The minimum Gasteiger partial charge on any atom is -0.361 e. The van der Waals surface area contributed by atoms with Gasteiger partial charge in [0, 0.05) is 29.6 Å². The molecule has 5 nitrogen and oxygen atoms in total. The number of hydrogen-bond acceptors (Lipinski definition) is 2. The molecule has 0 aliphatic heterocycles. The fourth-order valence-electron chi connectivity index (χ4n) is 2.25. The smallest absolute Gasteiger partial charge is 0.321 e. The van der Waals surface area contributed by atoms with Crippen LogP contribution in [0.2, 0.25) is 0 Å². The molecule has 0 spiro atoms. The third-order valence-corrected chi connectivity index (χ3v) is 3.54. The molecule has 0 atom stereocenters. The average Bonchev–Trinajstić information content (AvgIpc) is 3.22. The van der Waals surface area contributed by atoms with Crippen LogP contribution in [0.1, 0.15) is 18.4 Å². The summed E-state index contributed by atoms with van der Waals surface area (Å²) in [5, 5.41) is 6.25. The Morgan fingerprint density at radius 1 is 1.25 bits per heavy atom. The first-order chi connectivity index (χ1) is 9.74. The summed E-state index contributed by atoms with van der Waals surface area (Å²) in [5.74, 6) is -0.107. The number of carbonyl (C=O) groups is 2. The molecule has 3 rings (SSSR count). The highest BCUT2D eigenvalue weighted by Crippen LogP contribution is 2.28. The molecule has 1 fully saturated rings. The van der Waals surface area contributed by atoms with Gasteiger partial charge in [0.25, 0.3) is 0 Å². The van der Waals surface area contributed by atoms with E-state index in [4.69, 9.17) is 0 Å². The Labute approximate surface area is 116 Å².